The van der Waals surface area contributed by atoms with Crippen LogP contribution in [0.1, 0.15) is 48.9 Å². The van der Waals surface area contributed by atoms with E-state index < -0.39 is 0 Å². The molecule has 1 atom stereocenters. The molecule has 2 aliphatic heterocycles. The number of nitrogens with one attached hydrogen (secondary N) is 2. The number of nitrogens with zero attached hydrogens (tertiary/aromatic N) is 2. The minimum Gasteiger partial charge on any atom is -0.361 e. The van der Waals surface area contributed by atoms with Crippen LogP contribution < -0.4 is 5.32 Å². The Kier molecular flexibility index (Phi) is 5.04. The number of benzene rings is 1. The first-order chi connectivity index (χ1) is 14.2. The molecular formula is C23H30N4O2. The molecule has 154 valence electrons. The van der Waals surface area contributed by atoms with Crippen molar-refractivity contribution in [1.82, 2.24) is 20.1 Å². The van der Waals surface area contributed by atoms with Gasteiger partial charge in [0, 0.05) is 49.0 Å². The highest BCUT2D eigenvalue weighted by Crippen LogP contribution is 2.26. The van der Waals surface area contributed by atoms with Gasteiger partial charge in [-0.3, -0.25) is 14.5 Å². The van der Waals surface area contributed by atoms with Gasteiger partial charge in [-0.05, 0) is 68.7 Å². The molecule has 1 unspecified atom stereocenters. The molecule has 3 fully saturated rings. The Hall–Kier alpha value is -2.34. The third-order valence-corrected chi connectivity index (χ3v) is 6.82. The molecule has 2 N–H and O–H groups in total. The molecule has 2 aromatic rings. The zero-order chi connectivity index (χ0) is 19.8. The predicted molar refractivity (Wildman–Crippen MR) is 113 cm³/mol. The van der Waals surface area contributed by atoms with Crippen LogP contribution in [0.15, 0.2) is 30.5 Å². The Morgan fingerprint density at radius 2 is 1.83 bits per heavy atom. The number of amides is 2. The highest BCUT2D eigenvalue weighted by Gasteiger charge is 2.34. The number of aromatic amines is 1. The van der Waals surface area contributed by atoms with Crippen LogP contribution in [-0.4, -0.2) is 64.9 Å². The Balaban J connectivity index is 1.16. The molecule has 3 aliphatic rings. The van der Waals surface area contributed by atoms with Crippen molar-refractivity contribution >= 4 is 22.7 Å². The number of hydrogen-bond donors (Lipinski definition) is 2. The number of aromatic nitrogens is 1. The molecule has 1 aromatic carbocycles. The average molecular weight is 395 g/mol. The molecule has 2 saturated heterocycles. The Morgan fingerprint density at radius 3 is 2.62 bits per heavy atom. The van der Waals surface area contributed by atoms with Gasteiger partial charge in [0.05, 0.1) is 5.92 Å². The molecule has 5 rings (SSSR count). The Morgan fingerprint density at radius 1 is 1.00 bits per heavy atom. The van der Waals surface area contributed by atoms with Crippen molar-refractivity contribution in [2.24, 2.45) is 5.92 Å². The highest BCUT2D eigenvalue weighted by atomic mass is 16.2. The SMILES string of the molecule is O=C(NC1CC1)C1CCCN(C2CCN(C(=O)c3ccc4cc[nH]c4c3)CC2)C1. The lowest BCUT2D eigenvalue weighted by Gasteiger charge is -2.42. The molecule has 1 saturated carbocycles. The lowest BCUT2D eigenvalue weighted by Crippen LogP contribution is -2.51. The van der Waals surface area contributed by atoms with Crippen molar-refractivity contribution in [2.45, 2.75) is 50.6 Å². The third kappa shape index (κ3) is 4.04. The summed E-state index contributed by atoms with van der Waals surface area (Å²) in [6, 6.07) is 8.84. The van der Waals surface area contributed by atoms with Crippen molar-refractivity contribution in [2.75, 3.05) is 26.2 Å². The maximum Gasteiger partial charge on any atom is 0.253 e. The number of hydrogen-bond acceptors (Lipinski definition) is 3. The zero-order valence-electron chi connectivity index (χ0n) is 16.9. The molecule has 29 heavy (non-hydrogen) atoms. The summed E-state index contributed by atoms with van der Waals surface area (Å²) >= 11 is 0. The summed E-state index contributed by atoms with van der Waals surface area (Å²) in [5.41, 5.74) is 1.77. The zero-order valence-corrected chi connectivity index (χ0v) is 16.9. The molecule has 0 radical (unpaired) electrons. The van der Waals surface area contributed by atoms with E-state index in [1.165, 1.54) is 0 Å². The molecule has 3 heterocycles. The Bertz CT molecular complexity index is 895. The first kappa shape index (κ1) is 18.7. The third-order valence-electron chi connectivity index (χ3n) is 6.82. The maximum absolute atomic E-state index is 12.9. The van der Waals surface area contributed by atoms with Gasteiger partial charge in [-0.2, -0.15) is 0 Å². The van der Waals surface area contributed by atoms with E-state index in [0.717, 1.165) is 81.2 Å². The van der Waals surface area contributed by atoms with Crippen molar-refractivity contribution in [3.8, 4) is 0 Å². The lowest BCUT2D eigenvalue weighted by molar-refractivity contribution is -0.127. The number of H-pyrrole nitrogens is 1. The molecule has 0 bridgehead atoms. The van der Waals surface area contributed by atoms with Crippen molar-refractivity contribution in [1.29, 1.82) is 0 Å². The molecule has 6 nitrogen and oxygen atoms in total. The molecule has 6 heteroatoms. The number of piperidine rings is 2. The van der Waals surface area contributed by atoms with E-state index in [1.807, 2.05) is 35.4 Å². The fourth-order valence-electron chi connectivity index (χ4n) is 4.90. The van der Waals surface area contributed by atoms with Crippen LogP contribution in [0.4, 0.5) is 0 Å². The maximum atomic E-state index is 12.9. The Labute approximate surface area is 171 Å². The fourth-order valence-corrected chi connectivity index (χ4v) is 4.90. The van der Waals surface area contributed by atoms with Crippen molar-refractivity contribution in [3.63, 3.8) is 0 Å². The summed E-state index contributed by atoms with van der Waals surface area (Å²) in [5.74, 6) is 0.515. The van der Waals surface area contributed by atoms with Gasteiger partial charge in [-0.1, -0.05) is 6.07 Å². The van der Waals surface area contributed by atoms with Gasteiger partial charge < -0.3 is 15.2 Å². The van der Waals surface area contributed by atoms with Gasteiger partial charge in [0.2, 0.25) is 5.91 Å². The van der Waals surface area contributed by atoms with Crippen LogP contribution in [0.2, 0.25) is 0 Å². The van der Waals surface area contributed by atoms with Crippen molar-refractivity contribution < 1.29 is 9.59 Å². The molecule has 0 spiro atoms. The second kappa shape index (κ2) is 7.82. The van der Waals surface area contributed by atoms with Crippen LogP contribution in [0.5, 0.6) is 0 Å². The standard InChI is InChI=1S/C23H30N4O2/c28-22(25-19-5-6-19)18-2-1-11-27(15-18)20-8-12-26(13-9-20)23(29)17-4-3-16-7-10-24-21(16)14-17/h3-4,7,10,14,18-20,24H,1-2,5-6,8-9,11-13,15H2,(H,25,28). The van der Waals surface area contributed by atoms with E-state index >= 15 is 0 Å². The summed E-state index contributed by atoms with van der Waals surface area (Å²) in [5, 5.41) is 4.31. The smallest absolute Gasteiger partial charge is 0.253 e. The van der Waals surface area contributed by atoms with Gasteiger partial charge in [0.25, 0.3) is 5.91 Å². The number of carbonyl (C=O) groups excluding carboxylic acids is 2. The summed E-state index contributed by atoms with van der Waals surface area (Å²) in [6.07, 6.45) is 8.28. The molecular weight excluding hydrogens is 364 g/mol. The topological polar surface area (TPSA) is 68.4 Å². The quantitative estimate of drug-likeness (QED) is 0.838. The average Bonchev–Trinajstić information content (AvgIpc) is 3.46. The number of rotatable bonds is 4. The largest absolute Gasteiger partial charge is 0.361 e. The number of likely N-dealkylation sites (tertiary alicyclic amines) is 2. The fraction of sp³-hybridized carbons (Fsp3) is 0.565. The van der Waals surface area contributed by atoms with Crippen LogP contribution in [0.25, 0.3) is 10.9 Å². The minimum absolute atomic E-state index is 0.125. The van der Waals surface area contributed by atoms with Gasteiger partial charge >= 0.3 is 0 Å². The van der Waals surface area contributed by atoms with Gasteiger partial charge in [-0.25, -0.2) is 0 Å². The summed E-state index contributed by atoms with van der Waals surface area (Å²) in [6.45, 7) is 3.54. The lowest BCUT2D eigenvalue weighted by atomic mass is 9.93. The van der Waals surface area contributed by atoms with E-state index in [-0.39, 0.29) is 17.7 Å². The van der Waals surface area contributed by atoms with E-state index in [9.17, 15) is 9.59 Å². The second-order valence-electron chi connectivity index (χ2n) is 8.92. The first-order valence-electron chi connectivity index (χ1n) is 11.1. The van der Waals surface area contributed by atoms with Gasteiger partial charge in [-0.15, -0.1) is 0 Å². The van der Waals surface area contributed by atoms with E-state index in [0.29, 0.717) is 12.1 Å². The molecule has 2 amide bonds. The predicted octanol–water partition coefficient (Wildman–Crippen LogP) is 2.76. The van der Waals surface area contributed by atoms with Gasteiger partial charge in [0.1, 0.15) is 0 Å². The van der Waals surface area contributed by atoms with Crippen LogP contribution in [-0.2, 0) is 4.79 Å². The normalized spacial score (nSPS) is 24.0. The van der Waals surface area contributed by atoms with Gasteiger partial charge in [0.15, 0.2) is 0 Å². The summed E-state index contributed by atoms with van der Waals surface area (Å²) in [7, 11) is 0. The highest BCUT2D eigenvalue weighted by molar-refractivity contribution is 5.98. The molecule has 1 aliphatic carbocycles. The minimum atomic E-state index is 0.125. The molecule has 1 aromatic heterocycles. The monoisotopic (exact) mass is 394 g/mol. The van der Waals surface area contributed by atoms with Crippen LogP contribution in [0.3, 0.4) is 0 Å². The summed E-state index contributed by atoms with van der Waals surface area (Å²) in [4.78, 5) is 33.1. The van der Waals surface area contributed by atoms with Crippen LogP contribution in [0, 0.1) is 5.92 Å². The van der Waals surface area contributed by atoms with Crippen LogP contribution >= 0.6 is 0 Å². The van der Waals surface area contributed by atoms with Crippen molar-refractivity contribution in [3.05, 3.63) is 36.0 Å². The first-order valence-corrected chi connectivity index (χ1v) is 11.1. The number of carbonyl (C=O) groups is 2. The second-order valence-corrected chi connectivity index (χ2v) is 8.92. The van der Waals surface area contributed by atoms with E-state index in [2.05, 4.69) is 15.2 Å². The van der Waals surface area contributed by atoms with E-state index in [1.54, 1.807) is 0 Å². The summed E-state index contributed by atoms with van der Waals surface area (Å²) < 4.78 is 0. The van der Waals surface area contributed by atoms with E-state index in [4.69, 9.17) is 0 Å². The number of fused-ring (bicyclic) bond motifs is 1.